The maximum absolute atomic E-state index is 13.2. The number of likely N-dealkylation sites (tertiary alicyclic amines) is 1. The Morgan fingerprint density at radius 1 is 1.32 bits per heavy atom. The number of likely N-dealkylation sites (N-methyl/N-ethyl adjacent to an activating group) is 1. The molecule has 28 heavy (non-hydrogen) atoms. The summed E-state index contributed by atoms with van der Waals surface area (Å²) in [5.41, 5.74) is 1.15. The highest BCUT2D eigenvalue weighted by atomic mass is 16.5. The highest BCUT2D eigenvalue weighted by Crippen LogP contribution is 2.36. The molecule has 2 heterocycles. The predicted octanol–water partition coefficient (Wildman–Crippen LogP) is 0.940. The molecule has 0 bridgehead atoms. The summed E-state index contributed by atoms with van der Waals surface area (Å²) in [7, 11) is 7.28. The molecule has 0 N–H and O–H groups in total. The molecule has 0 aliphatic carbocycles. The van der Waals surface area contributed by atoms with Gasteiger partial charge in [-0.15, -0.1) is 5.10 Å². The molecular weight excluding hydrogens is 360 g/mol. The van der Waals surface area contributed by atoms with E-state index in [1.807, 2.05) is 44.1 Å². The Balaban J connectivity index is 1.87. The Bertz CT molecular complexity index is 837. The Labute approximate surface area is 165 Å². The zero-order valence-corrected chi connectivity index (χ0v) is 17.2. The SMILES string of the molecule is COCCn1nnnc1C1(N(C)C)CCN(C(=O)c2ccc(OC)cc2C)C1. The number of hydrogen-bond donors (Lipinski definition) is 0. The van der Waals surface area contributed by atoms with Crippen molar-refractivity contribution in [3.63, 3.8) is 0 Å². The third-order valence-electron chi connectivity index (χ3n) is 5.51. The summed E-state index contributed by atoms with van der Waals surface area (Å²) in [5, 5.41) is 12.3. The Morgan fingerprint density at radius 3 is 2.75 bits per heavy atom. The second-order valence-electron chi connectivity index (χ2n) is 7.30. The second-order valence-corrected chi connectivity index (χ2v) is 7.30. The summed E-state index contributed by atoms with van der Waals surface area (Å²) in [6, 6.07) is 5.53. The van der Waals surface area contributed by atoms with Crippen LogP contribution < -0.4 is 4.74 Å². The molecule has 0 spiro atoms. The number of rotatable bonds is 7. The number of ether oxygens (including phenoxy) is 2. The van der Waals surface area contributed by atoms with Crippen molar-refractivity contribution in [3.05, 3.63) is 35.2 Å². The monoisotopic (exact) mass is 388 g/mol. The maximum Gasteiger partial charge on any atom is 0.254 e. The van der Waals surface area contributed by atoms with Gasteiger partial charge in [0.25, 0.3) is 5.91 Å². The molecule has 1 atom stereocenters. The molecule has 1 saturated heterocycles. The van der Waals surface area contributed by atoms with Crippen LogP contribution >= 0.6 is 0 Å². The number of carbonyl (C=O) groups is 1. The van der Waals surface area contributed by atoms with Crippen LogP contribution in [0.15, 0.2) is 18.2 Å². The molecule has 9 heteroatoms. The molecule has 2 aromatic rings. The largest absolute Gasteiger partial charge is 0.497 e. The number of aromatic nitrogens is 4. The first-order chi connectivity index (χ1) is 13.4. The highest BCUT2D eigenvalue weighted by Gasteiger charge is 2.47. The predicted molar refractivity (Wildman–Crippen MR) is 103 cm³/mol. The molecule has 0 radical (unpaired) electrons. The van der Waals surface area contributed by atoms with Crippen molar-refractivity contribution in [1.82, 2.24) is 30.0 Å². The molecule has 1 aliphatic heterocycles. The van der Waals surface area contributed by atoms with Crippen molar-refractivity contribution in [2.75, 3.05) is 48.0 Å². The fourth-order valence-corrected chi connectivity index (χ4v) is 3.75. The molecule has 152 valence electrons. The van der Waals surface area contributed by atoms with Crippen molar-refractivity contribution >= 4 is 5.91 Å². The van der Waals surface area contributed by atoms with Crippen LogP contribution in [0.4, 0.5) is 0 Å². The van der Waals surface area contributed by atoms with Gasteiger partial charge < -0.3 is 14.4 Å². The van der Waals surface area contributed by atoms with E-state index >= 15 is 0 Å². The Hall–Kier alpha value is -2.52. The average molecular weight is 388 g/mol. The first-order valence-electron chi connectivity index (χ1n) is 9.30. The van der Waals surface area contributed by atoms with Crippen LogP contribution in [-0.2, 0) is 16.8 Å². The first-order valence-corrected chi connectivity index (χ1v) is 9.30. The van der Waals surface area contributed by atoms with Gasteiger partial charge in [0.15, 0.2) is 5.82 Å². The first kappa shape index (κ1) is 20.2. The second kappa shape index (κ2) is 8.24. The van der Waals surface area contributed by atoms with Crippen LogP contribution in [0.1, 0.15) is 28.2 Å². The van der Waals surface area contributed by atoms with Crippen molar-refractivity contribution in [2.45, 2.75) is 25.4 Å². The van der Waals surface area contributed by atoms with Gasteiger partial charge in [-0.3, -0.25) is 9.69 Å². The van der Waals surface area contributed by atoms with Crippen LogP contribution in [0.5, 0.6) is 5.75 Å². The molecule has 1 aliphatic rings. The number of amides is 1. The summed E-state index contributed by atoms with van der Waals surface area (Å²) in [4.78, 5) is 17.2. The van der Waals surface area contributed by atoms with E-state index in [1.165, 1.54) is 0 Å². The van der Waals surface area contributed by atoms with Crippen molar-refractivity contribution in [2.24, 2.45) is 0 Å². The van der Waals surface area contributed by atoms with Gasteiger partial charge in [-0.1, -0.05) is 0 Å². The standard InChI is InChI=1S/C19H28N6O3/c1-14-12-15(28-5)6-7-16(14)17(26)24-9-8-19(13-24,23(2)3)18-20-21-22-25(18)10-11-27-4/h6-7,12H,8-11,13H2,1-5H3. The zero-order valence-electron chi connectivity index (χ0n) is 17.2. The van der Waals surface area contributed by atoms with Gasteiger partial charge in [-0.2, -0.15) is 0 Å². The van der Waals surface area contributed by atoms with Crippen molar-refractivity contribution in [1.29, 1.82) is 0 Å². The van der Waals surface area contributed by atoms with E-state index in [4.69, 9.17) is 9.47 Å². The lowest BCUT2D eigenvalue weighted by molar-refractivity contribution is 0.0736. The minimum Gasteiger partial charge on any atom is -0.497 e. The highest BCUT2D eigenvalue weighted by molar-refractivity contribution is 5.96. The summed E-state index contributed by atoms with van der Waals surface area (Å²) in [6.07, 6.45) is 0.758. The number of carbonyl (C=O) groups excluding carboxylic acids is 1. The van der Waals surface area contributed by atoms with Gasteiger partial charge >= 0.3 is 0 Å². The zero-order chi connectivity index (χ0) is 20.3. The van der Waals surface area contributed by atoms with Gasteiger partial charge in [0.1, 0.15) is 11.3 Å². The molecular formula is C19H28N6O3. The van der Waals surface area contributed by atoms with Crippen LogP contribution in [-0.4, -0.2) is 83.9 Å². The van der Waals surface area contributed by atoms with E-state index in [0.717, 1.165) is 23.6 Å². The van der Waals surface area contributed by atoms with E-state index in [1.54, 1.807) is 18.9 Å². The lowest BCUT2D eigenvalue weighted by Gasteiger charge is -2.34. The molecule has 1 aromatic carbocycles. The average Bonchev–Trinajstić information content (AvgIpc) is 3.33. The smallest absolute Gasteiger partial charge is 0.254 e. The molecule has 9 nitrogen and oxygen atoms in total. The van der Waals surface area contributed by atoms with E-state index in [2.05, 4.69) is 20.4 Å². The number of nitrogens with zero attached hydrogens (tertiary/aromatic N) is 6. The van der Waals surface area contributed by atoms with Gasteiger partial charge in [-0.05, 0) is 61.6 Å². The van der Waals surface area contributed by atoms with Crippen LogP contribution in [0.25, 0.3) is 0 Å². The minimum atomic E-state index is -0.437. The van der Waals surface area contributed by atoms with Crippen molar-refractivity contribution < 1.29 is 14.3 Å². The van der Waals surface area contributed by atoms with Crippen LogP contribution in [0, 0.1) is 6.92 Å². The van der Waals surface area contributed by atoms with E-state index in [0.29, 0.717) is 31.8 Å². The molecule has 1 unspecified atom stereocenters. The molecule has 1 aromatic heterocycles. The quantitative estimate of drug-likeness (QED) is 0.698. The molecule has 0 saturated carbocycles. The fraction of sp³-hybridized carbons (Fsp3) is 0.579. The number of methoxy groups -OCH3 is 2. The Kier molecular flexibility index (Phi) is 5.95. The third kappa shape index (κ3) is 3.59. The van der Waals surface area contributed by atoms with Gasteiger partial charge in [0, 0.05) is 25.8 Å². The van der Waals surface area contributed by atoms with E-state index in [9.17, 15) is 4.79 Å². The number of benzene rings is 1. The van der Waals surface area contributed by atoms with Crippen molar-refractivity contribution in [3.8, 4) is 5.75 Å². The topological polar surface area (TPSA) is 85.6 Å². The van der Waals surface area contributed by atoms with Crippen LogP contribution in [0.2, 0.25) is 0 Å². The van der Waals surface area contributed by atoms with E-state index in [-0.39, 0.29) is 5.91 Å². The lowest BCUT2D eigenvalue weighted by Crippen LogP contribution is -2.47. The summed E-state index contributed by atoms with van der Waals surface area (Å²) < 4.78 is 12.2. The summed E-state index contributed by atoms with van der Waals surface area (Å²) in [6.45, 7) is 4.18. The number of tetrazole rings is 1. The fourth-order valence-electron chi connectivity index (χ4n) is 3.75. The van der Waals surface area contributed by atoms with Crippen LogP contribution in [0.3, 0.4) is 0 Å². The third-order valence-corrected chi connectivity index (χ3v) is 5.51. The normalized spacial score (nSPS) is 19.4. The minimum absolute atomic E-state index is 0.0137. The van der Waals surface area contributed by atoms with E-state index < -0.39 is 5.54 Å². The Morgan fingerprint density at radius 2 is 2.11 bits per heavy atom. The summed E-state index contributed by atoms with van der Waals surface area (Å²) >= 11 is 0. The van der Waals surface area contributed by atoms with Gasteiger partial charge in [-0.25, -0.2) is 4.68 Å². The molecule has 1 fully saturated rings. The van der Waals surface area contributed by atoms with Gasteiger partial charge in [0.2, 0.25) is 0 Å². The molecule has 1 amide bonds. The summed E-state index contributed by atoms with van der Waals surface area (Å²) in [5.74, 6) is 1.52. The molecule has 3 rings (SSSR count). The number of aryl methyl sites for hydroxylation is 1. The number of hydrogen-bond acceptors (Lipinski definition) is 7. The van der Waals surface area contributed by atoms with Gasteiger partial charge in [0.05, 0.1) is 20.3 Å². The maximum atomic E-state index is 13.2. The lowest BCUT2D eigenvalue weighted by atomic mass is 9.95.